The molecule has 0 radical (unpaired) electrons. The number of hydrogen-bond acceptors (Lipinski definition) is 4. The van der Waals surface area contributed by atoms with Gasteiger partial charge in [-0.1, -0.05) is 37.3 Å². The monoisotopic (exact) mass is 350 g/mol. The molecule has 0 bridgehead atoms. The molecule has 0 atom stereocenters. The molecule has 138 valence electrons. The van der Waals surface area contributed by atoms with Gasteiger partial charge in [-0.15, -0.1) is 0 Å². The van der Waals surface area contributed by atoms with Gasteiger partial charge in [0.05, 0.1) is 0 Å². The lowest BCUT2D eigenvalue weighted by Crippen LogP contribution is -2.36. The van der Waals surface area contributed by atoms with Crippen LogP contribution in [0.1, 0.15) is 38.2 Å². The Morgan fingerprint density at radius 1 is 0.885 bits per heavy atom. The van der Waals surface area contributed by atoms with Crippen LogP contribution in [0.15, 0.2) is 42.6 Å². The molecule has 0 spiro atoms. The van der Waals surface area contributed by atoms with E-state index in [0.717, 1.165) is 49.8 Å². The number of piperidine rings is 2. The summed E-state index contributed by atoms with van der Waals surface area (Å²) in [7, 11) is 0. The number of aromatic nitrogens is 2. The van der Waals surface area contributed by atoms with Crippen molar-refractivity contribution < 1.29 is 0 Å². The molecule has 4 nitrogen and oxygen atoms in total. The Morgan fingerprint density at radius 3 is 2.31 bits per heavy atom. The number of benzene rings is 1. The summed E-state index contributed by atoms with van der Waals surface area (Å²) >= 11 is 0. The highest BCUT2D eigenvalue weighted by molar-refractivity contribution is 5.44. The Kier molecular flexibility index (Phi) is 5.37. The van der Waals surface area contributed by atoms with Crippen LogP contribution in [0.5, 0.6) is 0 Å². The molecule has 3 heterocycles. The van der Waals surface area contributed by atoms with Gasteiger partial charge in [-0.3, -0.25) is 0 Å². The molecule has 2 fully saturated rings. The maximum absolute atomic E-state index is 4.89. The maximum Gasteiger partial charge on any atom is 0.227 e. The van der Waals surface area contributed by atoms with E-state index in [0.29, 0.717) is 0 Å². The second kappa shape index (κ2) is 8.07. The molecular weight excluding hydrogens is 320 g/mol. The molecule has 4 heteroatoms. The lowest BCUT2D eigenvalue weighted by molar-refractivity contribution is 0.402. The van der Waals surface area contributed by atoms with E-state index >= 15 is 0 Å². The van der Waals surface area contributed by atoms with Gasteiger partial charge in [-0.05, 0) is 55.6 Å². The minimum absolute atomic E-state index is 0.790. The molecule has 0 N–H and O–H groups in total. The van der Waals surface area contributed by atoms with Gasteiger partial charge in [0.25, 0.3) is 0 Å². The number of hydrogen-bond donors (Lipinski definition) is 0. The summed E-state index contributed by atoms with van der Waals surface area (Å²) < 4.78 is 0. The number of anilines is 2. The van der Waals surface area contributed by atoms with Crippen molar-refractivity contribution >= 4 is 11.8 Å². The largest absolute Gasteiger partial charge is 0.356 e. The first-order valence-electron chi connectivity index (χ1n) is 10.1. The van der Waals surface area contributed by atoms with Crippen LogP contribution in [-0.2, 0) is 6.42 Å². The van der Waals surface area contributed by atoms with Crippen LogP contribution in [0.25, 0.3) is 0 Å². The van der Waals surface area contributed by atoms with Crippen molar-refractivity contribution in [3.8, 4) is 0 Å². The molecule has 0 saturated carbocycles. The molecular formula is C22H30N4. The van der Waals surface area contributed by atoms with E-state index in [1.165, 1.54) is 37.7 Å². The average molecular weight is 351 g/mol. The van der Waals surface area contributed by atoms with E-state index in [1.54, 1.807) is 0 Å². The van der Waals surface area contributed by atoms with E-state index < -0.39 is 0 Å². The van der Waals surface area contributed by atoms with Crippen molar-refractivity contribution in [3.63, 3.8) is 0 Å². The minimum Gasteiger partial charge on any atom is -0.356 e. The Morgan fingerprint density at radius 2 is 1.58 bits per heavy atom. The molecule has 4 rings (SSSR count). The van der Waals surface area contributed by atoms with Crippen LogP contribution in [0.3, 0.4) is 0 Å². The van der Waals surface area contributed by atoms with Crippen LogP contribution < -0.4 is 9.80 Å². The van der Waals surface area contributed by atoms with Crippen LogP contribution >= 0.6 is 0 Å². The zero-order valence-corrected chi connectivity index (χ0v) is 15.8. The topological polar surface area (TPSA) is 32.3 Å². The van der Waals surface area contributed by atoms with Crippen molar-refractivity contribution in [2.24, 2.45) is 11.8 Å². The summed E-state index contributed by atoms with van der Waals surface area (Å²) in [4.78, 5) is 14.2. The first kappa shape index (κ1) is 17.3. The average Bonchev–Trinajstić information content (AvgIpc) is 2.70. The highest BCUT2D eigenvalue weighted by atomic mass is 15.3. The SMILES string of the molecule is CC1CCN(c2nccc(N3CCC(Cc4ccccc4)CC3)n2)CC1. The number of nitrogens with zero attached hydrogens (tertiary/aromatic N) is 4. The maximum atomic E-state index is 4.89. The van der Waals surface area contributed by atoms with E-state index in [-0.39, 0.29) is 0 Å². The summed E-state index contributed by atoms with van der Waals surface area (Å²) in [6.45, 7) is 6.72. The first-order valence-corrected chi connectivity index (χ1v) is 10.1. The van der Waals surface area contributed by atoms with Gasteiger partial charge < -0.3 is 9.80 Å². The summed E-state index contributed by atoms with van der Waals surface area (Å²) in [5.41, 5.74) is 1.47. The molecule has 2 saturated heterocycles. The quantitative estimate of drug-likeness (QED) is 0.828. The zero-order valence-electron chi connectivity index (χ0n) is 15.8. The Balaban J connectivity index is 1.35. The van der Waals surface area contributed by atoms with Gasteiger partial charge in [-0.2, -0.15) is 4.98 Å². The van der Waals surface area contributed by atoms with E-state index in [1.807, 2.05) is 6.20 Å². The smallest absolute Gasteiger partial charge is 0.227 e. The van der Waals surface area contributed by atoms with Crippen LogP contribution in [0.4, 0.5) is 11.8 Å². The minimum atomic E-state index is 0.790. The molecule has 0 unspecified atom stereocenters. The Hall–Kier alpha value is -2.10. The summed E-state index contributed by atoms with van der Waals surface area (Å²) in [5, 5.41) is 0. The van der Waals surface area contributed by atoms with Gasteiger partial charge >= 0.3 is 0 Å². The summed E-state index contributed by atoms with van der Waals surface area (Å²) in [6, 6.07) is 13.0. The molecule has 1 aromatic heterocycles. The van der Waals surface area contributed by atoms with Gasteiger partial charge in [0.2, 0.25) is 5.95 Å². The predicted octanol–water partition coefficient (Wildman–Crippen LogP) is 4.17. The van der Waals surface area contributed by atoms with Crippen molar-refractivity contribution in [2.45, 2.75) is 39.0 Å². The van der Waals surface area contributed by atoms with E-state index in [2.05, 4.69) is 58.1 Å². The first-order chi connectivity index (χ1) is 12.8. The van der Waals surface area contributed by atoms with E-state index in [9.17, 15) is 0 Å². The van der Waals surface area contributed by atoms with Gasteiger partial charge in [-0.25, -0.2) is 4.98 Å². The third-order valence-corrected chi connectivity index (χ3v) is 6.00. The van der Waals surface area contributed by atoms with Crippen LogP contribution in [-0.4, -0.2) is 36.1 Å². The fourth-order valence-electron chi connectivity index (χ4n) is 4.19. The Labute approximate surface area is 157 Å². The van der Waals surface area contributed by atoms with Gasteiger partial charge in [0, 0.05) is 32.4 Å². The van der Waals surface area contributed by atoms with Crippen molar-refractivity contribution in [2.75, 3.05) is 36.0 Å². The predicted molar refractivity (Wildman–Crippen MR) is 108 cm³/mol. The lowest BCUT2D eigenvalue weighted by atomic mass is 9.90. The molecule has 0 amide bonds. The second-order valence-electron chi connectivity index (χ2n) is 8.00. The van der Waals surface area contributed by atoms with Crippen molar-refractivity contribution in [1.29, 1.82) is 0 Å². The fourth-order valence-corrected chi connectivity index (χ4v) is 4.19. The van der Waals surface area contributed by atoms with Crippen LogP contribution in [0, 0.1) is 11.8 Å². The van der Waals surface area contributed by atoms with E-state index in [4.69, 9.17) is 4.98 Å². The molecule has 26 heavy (non-hydrogen) atoms. The normalized spacial score (nSPS) is 19.7. The summed E-state index contributed by atoms with van der Waals surface area (Å²) in [5.74, 6) is 3.64. The third kappa shape index (κ3) is 4.17. The second-order valence-corrected chi connectivity index (χ2v) is 8.00. The molecule has 2 aliphatic rings. The fraction of sp³-hybridized carbons (Fsp3) is 0.545. The third-order valence-electron chi connectivity index (χ3n) is 6.00. The molecule has 2 aliphatic heterocycles. The highest BCUT2D eigenvalue weighted by Gasteiger charge is 2.22. The number of rotatable bonds is 4. The molecule has 0 aliphatic carbocycles. The molecule has 1 aromatic carbocycles. The standard InChI is InChI=1S/C22H30N4/c1-18-8-13-26(14-9-18)22-23-12-7-21(24-22)25-15-10-20(11-16-25)17-19-5-3-2-4-6-19/h2-7,12,18,20H,8-11,13-17H2,1H3. The van der Waals surface area contributed by atoms with Gasteiger partial charge in [0.1, 0.15) is 5.82 Å². The Bertz CT molecular complexity index is 686. The lowest BCUT2D eigenvalue weighted by Gasteiger charge is -2.34. The van der Waals surface area contributed by atoms with Crippen LogP contribution in [0.2, 0.25) is 0 Å². The highest BCUT2D eigenvalue weighted by Crippen LogP contribution is 2.26. The molecule has 2 aromatic rings. The summed E-state index contributed by atoms with van der Waals surface area (Å²) in [6.07, 6.45) is 8.13. The van der Waals surface area contributed by atoms with Crippen molar-refractivity contribution in [3.05, 3.63) is 48.2 Å². The zero-order chi connectivity index (χ0) is 17.8. The van der Waals surface area contributed by atoms with Gasteiger partial charge in [0.15, 0.2) is 0 Å². The van der Waals surface area contributed by atoms with Crippen molar-refractivity contribution in [1.82, 2.24) is 9.97 Å².